The molecule has 3 aromatic rings. The molecular formula is C25H20ClN3O4. The minimum Gasteiger partial charge on any atom is -0.478 e. The molecule has 0 bridgehead atoms. The Morgan fingerprint density at radius 2 is 1.76 bits per heavy atom. The molecule has 0 aromatic heterocycles. The molecule has 3 N–H and O–H groups in total. The zero-order chi connectivity index (χ0) is 23.9. The van der Waals surface area contributed by atoms with Crippen molar-refractivity contribution in [3.63, 3.8) is 0 Å². The highest BCUT2D eigenvalue weighted by Gasteiger charge is 2.35. The second-order valence-electron chi connectivity index (χ2n) is 7.71. The van der Waals surface area contributed by atoms with Crippen molar-refractivity contribution in [2.45, 2.75) is 13.8 Å². The first-order valence-corrected chi connectivity index (χ1v) is 10.4. The summed E-state index contributed by atoms with van der Waals surface area (Å²) in [6.45, 7) is 3.84. The van der Waals surface area contributed by atoms with Gasteiger partial charge in [-0.2, -0.15) is 0 Å². The third kappa shape index (κ3) is 4.11. The summed E-state index contributed by atoms with van der Waals surface area (Å²) >= 11 is 6.18. The SMILES string of the molecule is Cc1ccc(C(=O)N(N)/C=C2\C(=O)N(c3cccc(C(=O)O)c3)c3cc(Cl)ccc32)cc1C. The highest BCUT2D eigenvalue weighted by molar-refractivity contribution is 6.37. The maximum absolute atomic E-state index is 13.4. The van der Waals surface area contributed by atoms with E-state index in [1.165, 1.54) is 23.2 Å². The molecule has 0 radical (unpaired) electrons. The number of anilines is 2. The molecule has 0 fully saturated rings. The Labute approximate surface area is 195 Å². The van der Waals surface area contributed by atoms with Crippen LogP contribution in [-0.4, -0.2) is 27.9 Å². The van der Waals surface area contributed by atoms with Gasteiger partial charge in [0.2, 0.25) is 0 Å². The van der Waals surface area contributed by atoms with E-state index in [0.717, 1.165) is 16.1 Å². The minimum absolute atomic E-state index is 0.0340. The van der Waals surface area contributed by atoms with Crippen LogP contribution in [-0.2, 0) is 4.79 Å². The lowest BCUT2D eigenvalue weighted by molar-refractivity contribution is -0.112. The number of nitrogens with two attached hydrogens (primary N) is 1. The summed E-state index contributed by atoms with van der Waals surface area (Å²) in [6.07, 6.45) is 1.29. The van der Waals surface area contributed by atoms with Crippen LogP contribution in [0.15, 0.2) is 66.9 Å². The molecule has 166 valence electrons. The number of fused-ring (bicyclic) bond motifs is 1. The van der Waals surface area contributed by atoms with Gasteiger partial charge in [-0.1, -0.05) is 29.8 Å². The van der Waals surface area contributed by atoms with E-state index in [1.807, 2.05) is 19.9 Å². The lowest BCUT2D eigenvalue weighted by Crippen LogP contribution is -2.33. The zero-order valence-corrected chi connectivity index (χ0v) is 18.6. The first-order valence-electron chi connectivity index (χ1n) is 10.0. The molecule has 1 aliphatic rings. The molecule has 7 nitrogen and oxygen atoms in total. The van der Waals surface area contributed by atoms with Crippen molar-refractivity contribution in [3.05, 3.63) is 99.7 Å². The Kier molecular flexibility index (Phi) is 5.76. The predicted molar refractivity (Wildman–Crippen MR) is 126 cm³/mol. The standard InChI is InChI=1S/C25H20ClN3O4/c1-14-6-7-16(10-15(14)2)23(30)28(27)13-21-20-9-8-18(26)12-22(20)29(24(21)31)19-5-3-4-17(11-19)25(32)33/h3-13H,27H2,1-2H3,(H,32,33)/b21-13-. The van der Waals surface area contributed by atoms with Gasteiger partial charge in [0, 0.05) is 22.3 Å². The quantitative estimate of drug-likeness (QED) is 0.254. The van der Waals surface area contributed by atoms with E-state index in [-0.39, 0.29) is 11.1 Å². The number of hydrazine groups is 1. The van der Waals surface area contributed by atoms with Gasteiger partial charge >= 0.3 is 5.97 Å². The lowest BCUT2D eigenvalue weighted by atomic mass is 10.1. The number of hydrogen-bond acceptors (Lipinski definition) is 4. The Morgan fingerprint density at radius 3 is 2.45 bits per heavy atom. The summed E-state index contributed by atoms with van der Waals surface area (Å²) in [4.78, 5) is 39.1. The van der Waals surface area contributed by atoms with Crippen LogP contribution in [0.25, 0.3) is 5.57 Å². The molecule has 33 heavy (non-hydrogen) atoms. The van der Waals surface area contributed by atoms with E-state index in [0.29, 0.717) is 27.5 Å². The number of aromatic carboxylic acids is 1. The van der Waals surface area contributed by atoms with Crippen molar-refractivity contribution in [2.75, 3.05) is 4.90 Å². The van der Waals surface area contributed by atoms with Gasteiger partial charge in [-0.3, -0.25) is 19.5 Å². The molecule has 3 aromatic carbocycles. The van der Waals surface area contributed by atoms with Gasteiger partial charge in [-0.05, 0) is 67.4 Å². The summed E-state index contributed by atoms with van der Waals surface area (Å²) in [6, 6.07) is 16.2. The van der Waals surface area contributed by atoms with Gasteiger partial charge in [0.1, 0.15) is 0 Å². The number of rotatable bonds is 4. The van der Waals surface area contributed by atoms with Crippen LogP contribution in [0.3, 0.4) is 0 Å². The third-order valence-electron chi connectivity index (χ3n) is 5.53. The van der Waals surface area contributed by atoms with Gasteiger partial charge < -0.3 is 5.11 Å². The van der Waals surface area contributed by atoms with Crippen LogP contribution < -0.4 is 10.7 Å². The molecule has 0 aliphatic carbocycles. The number of carboxylic acid groups (broad SMARTS) is 1. The maximum atomic E-state index is 13.4. The highest BCUT2D eigenvalue weighted by Crippen LogP contribution is 2.43. The van der Waals surface area contributed by atoms with E-state index in [2.05, 4.69) is 0 Å². The molecular weight excluding hydrogens is 442 g/mol. The monoisotopic (exact) mass is 461 g/mol. The Bertz CT molecular complexity index is 1350. The summed E-state index contributed by atoms with van der Waals surface area (Å²) in [7, 11) is 0. The number of halogens is 1. The number of carboxylic acids is 1. The van der Waals surface area contributed by atoms with E-state index < -0.39 is 17.8 Å². The molecule has 1 heterocycles. The number of amides is 2. The van der Waals surface area contributed by atoms with Gasteiger partial charge in [0.15, 0.2) is 0 Å². The molecule has 0 unspecified atom stereocenters. The van der Waals surface area contributed by atoms with E-state index in [1.54, 1.807) is 42.5 Å². The fourth-order valence-corrected chi connectivity index (χ4v) is 3.81. The molecule has 2 amide bonds. The third-order valence-corrected chi connectivity index (χ3v) is 5.77. The maximum Gasteiger partial charge on any atom is 0.335 e. The number of nitrogens with zero attached hydrogens (tertiary/aromatic N) is 2. The van der Waals surface area contributed by atoms with Crippen LogP contribution in [0.4, 0.5) is 11.4 Å². The zero-order valence-electron chi connectivity index (χ0n) is 17.9. The lowest BCUT2D eigenvalue weighted by Gasteiger charge is -2.18. The first kappa shape index (κ1) is 22.3. The molecule has 8 heteroatoms. The Balaban J connectivity index is 1.77. The fourth-order valence-electron chi connectivity index (χ4n) is 3.64. The Hall–Kier alpha value is -3.94. The van der Waals surface area contributed by atoms with Crippen molar-refractivity contribution in [1.29, 1.82) is 0 Å². The number of carbonyl (C=O) groups is 3. The van der Waals surface area contributed by atoms with E-state index in [9.17, 15) is 19.5 Å². The average molecular weight is 462 g/mol. The van der Waals surface area contributed by atoms with Gasteiger partial charge in [-0.15, -0.1) is 0 Å². The molecule has 4 rings (SSSR count). The van der Waals surface area contributed by atoms with E-state index in [4.69, 9.17) is 17.4 Å². The summed E-state index contributed by atoms with van der Waals surface area (Å²) in [5.41, 5.74) is 3.95. The summed E-state index contributed by atoms with van der Waals surface area (Å²) in [5, 5.41) is 10.6. The molecule has 0 saturated carbocycles. The smallest absolute Gasteiger partial charge is 0.335 e. The second kappa shape index (κ2) is 8.54. The van der Waals surface area contributed by atoms with Crippen molar-refractivity contribution >= 4 is 46.3 Å². The van der Waals surface area contributed by atoms with Gasteiger partial charge in [0.05, 0.1) is 22.5 Å². The molecule has 0 spiro atoms. The van der Waals surface area contributed by atoms with Crippen LogP contribution in [0.5, 0.6) is 0 Å². The van der Waals surface area contributed by atoms with Crippen molar-refractivity contribution in [3.8, 4) is 0 Å². The average Bonchev–Trinajstić information content (AvgIpc) is 3.05. The Morgan fingerprint density at radius 1 is 1.00 bits per heavy atom. The van der Waals surface area contributed by atoms with Crippen LogP contribution >= 0.6 is 11.6 Å². The second-order valence-corrected chi connectivity index (χ2v) is 8.15. The summed E-state index contributed by atoms with van der Waals surface area (Å²) in [5.74, 6) is 4.00. The topological polar surface area (TPSA) is 104 Å². The fraction of sp³-hybridized carbons (Fsp3) is 0.0800. The molecule has 0 atom stereocenters. The van der Waals surface area contributed by atoms with Crippen LogP contribution in [0, 0.1) is 13.8 Å². The van der Waals surface area contributed by atoms with Crippen molar-refractivity contribution < 1.29 is 19.5 Å². The highest BCUT2D eigenvalue weighted by atomic mass is 35.5. The number of carbonyl (C=O) groups excluding carboxylic acids is 2. The minimum atomic E-state index is -1.11. The number of benzene rings is 3. The number of hydrogen-bond donors (Lipinski definition) is 2. The number of aryl methyl sites for hydroxylation is 2. The van der Waals surface area contributed by atoms with Gasteiger partial charge in [-0.25, -0.2) is 10.6 Å². The first-order chi connectivity index (χ1) is 15.7. The van der Waals surface area contributed by atoms with Crippen molar-refractivity contribution in [1.82, 2.24) is 5.01 Å². The molecule has 0 saturated heterocycles. The largest absolute Gasteiger partial charge is 0.478 e. The normalized spacial score (nSPS) is 13.9. The van der Waals surface area contributed by atoms with Crippen LogP contribution in [0.1, 0.15) is 37.4 Å². The van der Waals surface area contributed by atoms with Gasteiger partial charge in [0.25, 0.3) is 11.8 Å². The van der Waals surface area contributed by atoms with Crippen LogP contribution in [0.2, 0.25) is 5.02 Å². The van der Waals surface area contributed by atoms with Crippen molar-refractivity contribution in [2.24, 2.45) is 5.84 Å². The predicted octanol–water partition coefficient (Wildman–Crippen LogP) is 4.69. The van der Waals surface area contributed by atoms with E-state index >= 15 is 0 Å². The summed E-state index contributed by atoms with van der Waals surface area (Å²) < 4.78 is 0. The molecule has 1 aliphatic heterocycles.